The lowest BCUT2D eigenvalue weighted by Crippen LogP contribution is -2.08. The van der Waals surface area contributed by atoms with E-state index < -0.39 is 0 Å². The third kappa shape index (κ3) is 3.81. The number of para-hydroxylation sites is 1. The summed E-state index contributed by atoms with van der Waals surface area (Å²) in [6, 6.07) is 11.8. The van der Waals surface area contributed by atoms with E-state index in [4.69, 9.17) is 20.9 Å². The number of nitrogens with zero attached hydrogens (tertiary/aromatic N) is 3. The molecule has 0 unspecified atom stereocenters. The highest BCUT2D eigenvalue weighted by molar-refractivity contribution is 8.00. The highest BCUT2D eigenvalue weighted by atomic mass is 32.2. The molecule has 3 heterocycles. The van der Waals surface area contributed by atoms with Crippen LogP contribution < -0.4 is 10.5 Å². The van der Waals surface area contributed by atoms with Gasteiger partial charge in [-0.25, -0.2) is 9.67 Å². The van der Waals surface area contributed by atoms with Gasteiger partial charge in [-0.2, -0.15) is 5.10 Å². The van der Waals surface area contributed by atoms with E-state index in [1.54, 1.807) is 34.0 Å². The number of nitrogen functional groups attached to an aromatic ring is 1. The van der Waals surface area contributed by atoms with E-state index in [0.717, 1.165) is 36.6 Å². The lowest BCUT2D eigenvalue weighted by atomic mass is 10.2. The maximum atomic E-state index is 7.72. The minimum atomic E-state index is 0.0797. The number of hydrogen-bond acceptors (Lipinski definition) is 7. The molecule has 3 N–H and O–H groups in total. The lowest BCUT2D eigenvalue weighted by molar-refractivity contribution is 0.318. The summed E-state index contributed by atoms with van der Waals surface area (Å²) in [6.07, 6.45) is 3.81. The van der Waals surface area contributed by atoms with E-state index in [1.165, 1.54) is 11.3 Å². The monoisotopic (exact) mass is 441 g/mol. The fraction of sp³-hybridized carbons (Fsp3) is 0.150. The number of ether oxygens (including phenoxy) is 1. The Balaban J connectivity index is 1.76. The summed E-state index contributed by atoms with van der Waals surface area (Å²) in [4.78, 5) is 5.61. The molecule has 0 aliphatic heterocycles. The SMILES string of the molecule is CCOc1c(-c2csc(-c3cc(C(=N)N)sc3SC)n2)cnn1-c1ccccc1. The minimum Gasteiger partial charge on any atom is -0.477 e. The number of thioether (sulfide) groups is 1. The third-order valence-electron chi connectivity index (χ3n) is 4.17. The molecule has 0 saturated heterocycles. The van der Waals surface area contributed by atoms with Crippen LogP contribution in [0.25, 0.3) is 27.5 Å². The minimum absolute atomic E-state index is 0.0797. The summed E-state index contributed by atoms with van der Waals surface area (Å²) in [6.45, 7) is 2.49. The van der Waals surface area contributed by atoms with Gasteiger partial charge in [-0.15, -0.1) is 34.4 Å². The number of nitrogens with one attached hydrogen (secondary N) is 1. The van der Waals surface area contributed by atoms with Crippen LogP contribution in [0.1, 0.15) is 11.8 Å². The first-order valence-electron chi connectivity index (χ1n) is 8.87. The Labute approximate surface area is 180 Å². The molecule has 6 nitrogen and oxygen atoms in total. The van der Waals surface area contributed by atoms with E-state index in [1.807, 2.05) is 55.0 Å². The number of aromatic nitrogens is 3. The fourth-order valence-electron chi connectivity index (χ4n) is 2.87. The Kier molecular flexibility index (Phi) is 5.70. The molecule has 0 bridgehead atoms. The van der Waals surface area contributed by atoms with E-state index in [2.05, 4.69) is 5.10 Å². The number of thiazole rings is 1. The molecular formula is C20H19N5OS3. The van der Waals surface area contributed by atoms with Gasteiger partial charge in [0.05, 0.1) is 38.8 Å². The van der Waals surface area contributed by atoms with Gasteiger partial charge in [-0.3, -0.25) is 5.41 Å². The average molecular weight is 442 g/mol. The smallest absolute Gasteiger partial charge is 0.226 e. The lowest BCUT2D eigenvalue weighted by Gasteiger charge is -2.09. The largest absolute Gasteiger partial charge is 0.477 e. The predicted molar refractivity (Wildman–Crippen MR) is 122 cm³/mol. The second-order valence-electron chi connectivity index (χ2n) is 6.01. The zero-order valence-corrected chi connectivity index (χ0v) is 18.3. The van der Waals surface area contributed by atoms with Crippen LogP contribution in [0.3, 0.4) is 0 Å². The van der Waals surface area contributed by atoms with Gasteiger partial charge >= 0.3 is 0 Å². The number of hydrogen-bond donors (Lipinski definition) is 2. The molecule has 9 heteroatoms. The summed E-state index contributed by atoms with van der Waals surface area (Å²) in [7, 11) is 0. The highest BCUT2D eigenvalue weighted by Crippen LogP contribution is 2.41. The van der Waals surface area contributed by atoms with Crippen LogP contribution in [0, 0.1) is 5.41 Å². The molecule has 0 fully saturated rings. The quantitative estimate of drug-likeness (QED) is 0.236. The zero-order chi connectivity index (χ0) is 20.4. The molecule has 0 spiro atoms. The molecule has 148 valence electrons. The predicted octanol–water partition coefficient (Wildman–Crippen LogP) is 5.13. The molecule has 0 aliphatic carbocycles. The molecule has 0 amide bonds. The van der Waals surface area contributed by atoms with Gasteiger partial charge in [-0.1, -0.05) is 18.2 Å². The molecule has 0 atom stereocenters. The second kappa shape index (κ2) is 8.40. The number of nitrogens with two attached hydrogens (primary N) is 1. The Bertz CT molecular complexity index is 1150. The maximum Gasteiger partial charge on any atom is 0.226 e. The van der Waals surface area contributed by atoms with Crippen molar-refractivity contribution in [3.63, 3.8) is 0 Å². The van der Waals surface area contributed by atoms with Crippen molar-refractivity contribution in [3.05, 3.63) is 52.9 Å². The molecule has 0 aliphatic rings. The molecule has 4 rings (SSSR count). The summed E-state index contributed by atoms with van der Waals surface area (Å²) >= 11 is 4.72. The van der Waals surface area contributed by atoms with Gasteiger partial charge in [-0.05, 0) is 31.4 Å². The van der Waals surface area contributed by atoms with Gasteiger partial charge in [0.1, 0.15) is 10.8 Å². The molecule has 0 radical (unpaired) electrons. The molecule has 3 aromatic heterocycles. The van der Waals surface area contributed by atoms with Crippen molar-refractivity contribution in [2.45, 2.75) is 11.1 Å². The van der Waals surface area contributed by atoms with Crippen molar-refractivity contribution in [1.29, 1.82) is 5.41 Å². The Morgan fingerprint density at radius 3 is 2.76 bits per heavy atom. The fourth-order valence-corrected chi connectivity index (χ4v) is 5.57. The zero-order valence-electron chi connectivity index (χ0n) is 15.9. The number of benzene rings is 1. The van der Waals surface area contributed by atoms with E-state index in [-0.39, 0.29) is 5.84 Å². The first kappa shape index (κ1) is 19.7. The van der Waals surface area contributed by atoms with Crippen LogP contribution in [-0.4, -0.2) is 33.5 Å². The number of thiophene rings is 1. The van der Waals surface area contributed by atoms with Crippen molar-refractivity contribution in [2.75, 3.05) is 12.9 Å². The standard InChI is InChI=1S/C20H19N5OS3/c1-3-26-19-14(10-23-25(19)12-7-5-4-6-8-12)15-11-28-18(24-15)13-9-16(17(21)22)29-20(13)27-2/h4-11H,3H2,1-2H3,(H3,21,22). The topological polar surface area (TPSA) is 89.8 Å². The van der Waals surface area contributed by atoms with Crippen molar-refractivity contribution < 1.29 is 4.74 Å². The van der Waals surface area contributed by atoms with Crippen molar-refractivity contribution in [1.82, 2.24) is 14.8 Å². The first-order valence-corrected chi connectivity index (χ1v) is 11.8. The van der Waals surface area contributed by atoms with Crippen LogP contribution in [-0.2, 0) is 0 Å². The summed E-state index contributed by atoms with van der Waals surface area (Å²) in [5.41, 5.74) is 9.29. The van der Waals surface area contributed by atoms with Crippen LogP contribution in [0.2, 0.25) is 0 Å². The third-order valence-corrected chi connectivity index (χ3v) is 7.35. The maximum absolute atomic E-state index is 7.72. The van der Waals surface area contributed by atoms with Gasteiger partial charge in [0.15, 0.2) is 0 Å². The number of amidine groups is 1. The summed E-state index contributed by atoms with van der Waals surface area (Å²) in [5.74, 6) is 0.756. The van der Waals surface area contributed by atoms with E-state index >= 15 is 0 Å². The normalized spacial score (nSPS) is 11.0. The van der Waals surface area contributed by atoms with Gasteiger partial charge in [0.25, 0.3) is 0 Å². The highest BCUT2D eigenvalue weighted by Gasteiger charge is 2.20. The van der Waals surface area contributed by atoms with Crippen LogP contribution in [0.4, 0.5) is 0 Å². The van der Waals surface area contributed by atoms with E-state index in [0.29, 0.717) is 12.5 Å². The van der Waals surface area contributed by atoms with Crippen LogP contribution in [0.5, 0.6) is 5.88 Å². The van der Waals surface area contributed by atoms with Crippen molar-refractivity contribution in [3.8, 4) is 33.4 Å². The average Bonchev–Trinajstić information content (AvgIpc) is 3.46. The van der Waals surface area contributed by atoms with Crippen molar-refractivity contribution in [2.24, 2.45) is 5.73 Å². The Morgan fingerprint density at radius 2 is 2.07 bits per heavy atom. The van der Waals surface area contributed by atoms with Crippen molar-refractivity contribution >= 4 is 40.3 Å². The number of rotatable bonds is 7. The van der Waals surface area contributed by atoms with Crippen LogP contribution in [0.15, 0.2) is 52.2 Å². The Hall–Kier alpha value is -2.62. The second-order valence-corrected chi connectivity index (χ2v) is 9.00. The van der Waals surface area contributed by atoms with Gasteiger partial charge in [0, 0.05) is 10.9 Å². The molecular weight excluding hydrogens is 422 g/mol. The van der Waals surface area contributed by atoms with E-state index in [9.17, 15) is 0 Å². The molecule has 0 saturated carbocycles. The van der Waals surface area contributed by atoms with Gasteiger partial charge < -0.3 is 10.5 Å². The Morgan fingerprint density at radius 1 is 1.28 bits per heavy atom. The molecule has 4 aromatic rings. The molecule has 1 aromatic carbocycles. The molecule has 29 heavy (non-hydrogen) atoms. The van der Waals surface area contributed by atoms with Gasteiger partial charge in [0.2, 0.25) is 5.88 Å². The summed E-state index contributed by atoms with van der Waals surface area (Å²) < 4.78 is 8.82. The first-order chi connectivity index (χ1) is 14.1. The summed E-state index contributed by atoms with van der Waals surface area (Å²) in [5, 5.41) is 15.2. The van der Waals surface area contributed by atoms with Crippen LogP contribution >= 0.6 is 34.4 Å².